The fourth-order valence-corrected chi connectivity index (χ4v) is 4.38. The second-order valence-corrected chi connectivity index (χ2v) is 8.30. The first-order valence-corrected chi connectivity index (χ1v) is 10.0. The highest BCUT2D eigenvalue weighted by Crippen LogP contribution is 2.28. The zero-order chi connectivity index (χ0) is 18.0. The van der Waals surface area contributed by atoms with E-state index in [0.717, 1.165) is 17.7 Å². The van der Waals surface area contributed by atoms with Crippen molar-refractivity contribution in [1.29, 1.82) is 0 Å². The number of carbonyl (C=O) groups is 1. The highest BCUT2D eigenvalue weighted by Gasteiger charge is 2.23. The van der Waals surface area contributed by atoms with Gasteiger partial charge in [0.05, 0.1) is 5.75 Å². The van der Waals surface area contributed by atoms with Crippen molar-refractivity contribution in [1.82, 2.24) is 0 Å². The fraction of sp³-hybridized carbons (Fsp3) is 0.278. The molecule has 5 nitrogen and oxygen atoms in total. The van der Waals surface area contributed by atoms with Crippen LogP contribution >= 0.6 is 11.6 Å². The summed E-state index contributed by atoms with van der Waals surface area (Å²) in [5.74, 6) is -0.0451. The number of rotatable bonds is 5. The molecule has 132 valence electrons. The van der Waals surface area contributed by atoms with Crippen LogP contribution in [0.4, 0.5) is 11.4 Å². The molecule has 3 rings (SSSR count). The first-order valence-electron chi connectivity index (χ1n) is 8.00. The summed E-state index contributed by atoms with van der Waals surface area (Å²) in [4.78, 5) is 13.6. The Hall–Kier alpha value is -2.05. The standard InChI is InChI=1S/C18H19ClN2O3S/c1-13-10-16(7-8-17(13)21-9-3-6-18(21)22)20-25(23,24)12-14-4-2-5-15(19)11-14/h2,4-5,7-8,10-11,20H,3,6,9,12H2,1H3. The minimum Gasteiger partial charge on any atom is -0.312 e. The predicted octanol–water partition coefficient (Wildman–Crippen LogP) is 3.72. The van der Waals surface area contributed by atoms with Crippen LogP contribution in [-0.2, 0) is 20.6 Å². The Balaban J connectivity index is 1.76. The highest BCUT2D eigenvalue weighted by atomic mass is 35.5. The van der Waals surface area contributed by atoms with Gasteiger partial charge in [-0.3, -0.25) is 9.52 Å². The summed E-state index contributed by atoms with van der Waals surface area (Å²) in [6, 6.07) is 12.0. The van der Waals surface area contributed by atoms with Gasteiger partial charge in [-0.05, 0) is 54.8 Å². The Labute approximate surface area is 152 Å². The van der Waals surface area contributed by atoms with E-state index >= 15 is 0 Å². The van der Waals surface area contributed by atoms with Crippen molar-refractivity contribution in [2.24, 2.45) is 0 Å². The summed E-state index contributed by atoms with van der Waals surface area (Å²) in [6.45, 7) is 2.58. The van der Waals surface area contributed by atoms with Gasteiger partial charge in [-0.25, -0.2) is 8.42 Å². The smallest absolute Gasteiger partial charge is 0.236 e. The third-order valence-electron chi connectivity index (χ3n) is 4.08. The number of amides is 1. The second-order valence-electron chi connectivity index (χ2n) is 6.14. The van der Waals surface area contributed by atoms with Crippen molar-refractivity contribution in [2.75, 3.05) is 16.2 Å². The van der Waals surface area contributed by atoms with E-state index in [2.05, 4.69) is 4.72 Å². The molecule has 1 heterocycles. The van der Waals surface area contributed by atoms with Crippen molar-refractivity contribution < 1.29 is 13.2 Å². The van der Waals surface area contributed by atoms with Crippen LogP contribution < -0.4 is 9.62 Å². The number of hydrogen-bond donors (Lipinski definition) is 1. The fourth-order valence-electron chi connectivity index (χ4n) is 2.99. The van der Waals surface area contributed by atoms with Crippen LogP contribution in [0.15, 0.2) is 42.5 Å². The molecule has 1 amide bonds. The van der Waals surface area contributed by atoms with E-state index in [1.807, 2.05) is 6.92 Å². The van der Waals surface area contributed by atoms with E-state index in [-0.39, 0.29) is 11.7 Å². The molecule has 1 saturated heterocycles. The molecular weight excluding hydrogens is 360 g/mol. The van der Waals surface area contributed by atoms with Crippen molar-refractivity contribution in [3.05, 3.63) is 58.6 Å². The van der Waals surface area contributed by atoms with Gasteiger partial charge in [0.15, 0.2) is 0 Å². The van der Waals surface area contributed by atoms with E-state index < -0.39 is 10.0 Å². The van der Waals surface area contributed by atoms with E-state index in [1.165, 1.54) is 0 Å². The monoisotopic (exact) mass is 378 g/mol. The lowest BCUT2D eigenvalue weighted by Gasteiger charge is -2.19. The Morgan fingerprint density at radius 1 is 1.20 bits per heavy atom. The van der Waals surface area contributed by atoms with Gasteiger partial charge >= 0.3 is 0 Å². The largest absolute Gasteiger partial charge is 0.312 e. The molecule has 0 radical (unpaired) electrons. The van der Waals surface area contributed by atoms with Gasteiger partial charge in [-0.1, -0.05) is 23.7 Å². The van der Waals surface area contributed by atoms with Crippen LogP contribution in [-0.4, -0.2) is 20.9 Å². The lowest BCUT2D eigenvalue weighted by Crippen LogP contribution is -2.24. The van der Waals surface area contributed by atoms with Crippen LogP contribution in [0.2, 0.25) is 5.02 Å². The molecule has 0 aromatic heterocycles. The van der Waals surface area contributed by atoms with Crippen LogP contribution in [0.3, 0.4) is 0 Å². The van der Waals surface area contributed by atoms with Crippen LogP contribution in [0, 0.1) is 6.92 Å². The molecule has 7 heteroatoms. The number of nitrogens with one attached hydrogen (secondary N) is 1. The predicted molar refractivity (Wildman–Crippen MR) is 100 cm³/mol. The van der Waals surface area contributed by atoms with E-state index in [9.17, 15) is 13.2 Å². The van der Waals surface area contributed by atoms with E-state index in [1.54, 1.807) is 47.4 Å². The number of carbonyl (C=O) groups excluding carboxylic acids is 1. The molecule has 0 atom stereocenters. The number of benzene rings is 2. The number of nitrogens with zero attached hydrogens (tertiary/aromatic N) is 1. The van der Waals surface area contributed by atoms with Crippen molar-refractivity contribution in [2.45, 2.75) is 25.5 Å². The number of sulfonamides is 1. The summed E-state index contributed by atoms with van der Waals surface area (Å²) >= 11 is 5.90. The molecule has 0 spiro atoms. The molecule has 0 unspecified atom stereocenters. The van der Waals surface area contributed by atoms with Crippen molar-refractivity contribution in [3.8, 4) is 0 Å². The molecule has 1 fully saturated rings. The van der Waals surface area contributed by atoms with Crippen LogP contribution in [0.25, 0.3) is 0 Å². The average Bonchev–Trinajstić information content (AvgIpc) is 2.92. The van der Waals surface area contributed by atoms with E-state index in [0.29, 0.717) is 29.2 Å². The maximum atomic E-state index is 12.4. The maximum Gasteiger partial charge on any atom is 0.236 e. The Morgan fingerprint density at radius 3 is 2.64 bits per heavy atom. The number of halogens is 1. The van der Waals surface area contributed by atoms with Gasteiger partial charge in [0.2, 0.25) is 15.9 Å². The topological polar surface area (TPSA) is 66.5 Å². The zero-order valence-electron chi connectivity index (χ0n) is 13.8. The van der Waals surface area contributed by atoms with E-state index in [4.69, 9.17) is 11.6 Å². The molecule has 1 N–H and O–H groups in total. The van der Waals surface area contributed by atoms with Gasteiger partial charge in [0.1, 0.15) is 0 Å². The first-order chi connectivity index (χ1) is 11.8. The summed E-state index contributed by atoms with van der Waals surface area (Å²) in [5, 5.41) is 0.503. The summed E-state index contributed by atoms with van der Waals surface area (Å²) < 4.78 is 27.3. The minimum atomic E-state index is -3.55. The molecule has 1 aliphatic rings. The molecule has 2 aromatic rings. The SMILES string of the molecule is Cc1cc(NS(=O)(=O)Cc2cccc(Cl)c2)ccc1N1CCCC1=O. The lowest BCUT2D eigenvalue weighted by atomic mass is 10.1. The van der Waals surface area contributed by atoms with Gasteiger partial charge in [0, 0.05) is 29.4 Å². The normalized spacial score (nSPS) is 14.8. The van der Waals surface area contributed by atoms with Gasteiger partial charge in [-0.2, -0.15) is 0 Å². The van der Waals surface area contributed by atoms with Crippen molar-refractivity contribution >= 4 is 38.9 Å². The minimum absolute atomic E-state index is 0.109. The first kappa shape index (κ1) is 17.8. The molecule has 0 aliphatic carbocycles. The second kappa shape index (κ2) is 7.06. The van der Waals surface area contributed by atoms with Gasteiger partial charge in [-0.15, -0.1) is 0 Å². The summed E-state index contributed by atoms with van der Waals surface area (Å²) in [7, 11) is -3.55. The molecule has 2 aromatic carbocycles. The highest BCUT2D eigenvalue weighted by molar-refractivity contribution is 7.91. The number of aryl methyl sites for hydroxylation is 1. The quantitative estimate of drug-likeness (QED) is 0.862. The van der Waals surface area contributed by atoms with Gasteiger partial charge in [0.25, 0.3) is 0 Å². The Morgan fingerprint density at radius 2 is 2.00 bits per heavy atom. The number of anilines is 2. The zero-order valence-corrected chi connectivity index (χ0v) is 15.4. The number of hydrogen-bond acceptors (Lipinski definition) is 3. The van der Waals surface area contributed by atoms with Crippen LogP contribution in [0.1, 0.15) is 24.0 Å². The average molecular weight is 379 g/mol. The van der Waals surface area contributed by atoms with Crippen LogP contribution in [0.5, 0.6) is 0 Å². The third-order valence-corrected chi connectivity index (χ3v) is 5.58. The molecule has 25 heavy (non-hydrogen) atoms. The molecular formula is C18H19ClN2O3S. The van der Waals surface area contributed by atoms with Gasteiger partial charge < -0.3 is 4.90 Å². The summed E-state index contributed by atoms with van der Waals surface area (Å²) in [5.41, 5.74) is 2.80. The lowest BCUT2D eigenvalue weighted by molar-refractivity contribution is -0.117. The third kappa shape index (κ3) is 4.32. The summed E-state index contributed by atoms with van der Waals surface area (Å²) in [6.07, 6.45) is 1.42. The molecule has 1 aliphatic heterocycles. The Bertz CT molecular complexity index is 912. The maximum absolute atomic E-state index is 12.4. The molecule has 0 saturated carbocycles. The molecule has 0 bridgehead atoms. The Kier molecular flexibility index (Phi) is 5.01. The van der Waals surface area contributed by atoms with Crippen molar-refractivity contribution in [3.63, 3.8) is 0 Å².